The van der Waals surface area contributed by atoms with E-state index in [2.05, 4.69) is 5.32 Å². The van der Waals surface area contributed by atoms with E-state index in [9.17, 15) is 13.6 Å². The quantitative estimate of drug-likeness (QED) is 0.851. The van der Waals surface area contributed by atoms with Gasteiger partial charge in [-0.25, -0.2) is 8.78 Å². The first-order valence-corrected chi connectivity index (χ1v) is 6.44. The van der Waals surface area contributed by atoms with Gasteiger partial charge in [0.2, 0.25) is 5.91 Å². The van der Waals surface area contributed by atoms with E-state index in [1.165, 1.54) is 0 Å². The third-order valence-corrected chi connectivity index (χ3v) is 2.74. The number of nitrogens with two attached hydrogens (primary N) is 1. The normalized spacial score (nSPS) is 12.2. The molecule has 0 saturated carbocycles. The van der Waals surface area contributed by atoms with Crippen LogP contribution < -0.4 is 11.1 Å². The molecule has 1 rings (SSSR count). The van der Waals surface area contributed by atoms with Crippen LogP contribution in [0.4, 0.5) is 14.5 Å². The number of amides is 1. The Balaban J connectivity index is 2.61. The van der Waals surface area contributed by atoms with Crippen LogP contribution in [0.25, 0.3) is 0 Å². The number of rotatable bonds is 5. The van der Waals surface area contributed by atoms with E-state index in [0.717, 1.165) is 24.0 Å². The molecule has 1 aromatic carbocycles. The highest BCUT2D eigenvalue weighted by Gasteiger charge is 2.13. The van der Waals surface area contributed by atoms with Crippen molar-refractivity contribution >= 4 is 23.4 Å². The van der Waals surface area contributed by atoms with Gasteiger partial charge in [-0.2, -0.15) is 11.8 Å². The van der Waals surface area contributed by atoms with Crippen molar-refractivity contribution in [1.29, 1.82) is 0 Å². The van der Waals surface area contributed by atoms with Crippen LogP contribution in [-0.4, -0.2) is 24.0 Å². The van der Waals surface area contributed by atoms with Gasteiger partial charge in [0.1, 0.15) is 11.6 Å². The summed E-state index contributed by atoms with van der Waals surface area (Å²) < 4.78 is 25.7. The van der Waals surface area contributed by atoms with Crippen LogP contribution in [0, 0.1) is 11.6 Å². The van der Waals surface area contributed by atoms with Crippen molar-refractivity contribution < 1.29 is 13.6 Å². The van der Waals surface area contributed by atoms with Crippen molar-refractivity contribution in [1.82, 2.24) is 0 Å². The number of nitrogens with one attached hydrogen (secondary N) is 1. The van der Waals surface area contributed by atoms with Gasteiger partial charge in [0.15, 0.2) is 0 Å². The van der Waals surface area contributed by atoms with Crippen LogP contribution in [0.5, 0.6) is 0 Å². The summed E-state index contributed by atoms with van der Waals surface area (Å²) in [5, 5.41) is 2.38. The molecule has 0 bridgehead atoms. The minimum absolute atomic E-state index is 0.0760. The Kier molecular flexibility index (Phi) is 5.37. The molecule has 17 heavy (non-hydrogen) atoms. The van der Waals surface area contributed by atoms with Gasteiger partial charge in [0.05, 0.1) is 6.04 Å². The molecule has 0 aliphatic heterocycles. The Bertz CT molecular complexity index is 381. The standard InChI is InChI=1S/C11H14F2N2OS/c1-17-3-2-10(14)11(16)15-9-5-7(12)4-8(13)6-9/h4-6,10H,2-3,14H2,1H3,(H,15,16)/t10-/m1/s1. The van der Waals surface area contributed by atoms with Crippen LogP contribution in [0.15, 0.2) is 18.2 Å². The number of benzene rings is 1. The van der Waals surface area contributed by atoms with Crippen molar-refractivity contribution in [2.45, 2.75) is 12.5 Å². The van der Waals surface area contributed by atoms with Crippen LogP contribution in [-0.2, 0) is 4.79 Å². The fourth-order valence-corrected chi connectivity index (χ4v) is 1.73. The van der Waals surface area contributed by atoms with Gasteiger partial charge in [-0.05, 0) is 30.6 Å². The second kappa shape index (κ2) is 6.56. The van der Waals surface area contributed by atoms with Crippen LogP contribution in [0.1, 0.15) is 6.42 Å². The van der Waals surface area contributed by atoms with E-state index in [1.54, 1.807) is 11.8 Å². The molecule has 0 radical (unpaired) electrons. The number of thioether (sulfide) groups is 1. The van der Waals surface area contributed by atoms with Crippen LogP contribution >= 0.6 is 11.8 Å². The zero-order chi connectivity index (χ0) is 12.8. The number of halogens is 2. The molecule has 6 heteroatoms. The van der Waals surface area contributed by atoms with Gasteiger partial charge in [0, 0.05) is 11.8 Å². The van der Waals surface area contributed by atoms with Crippen molar-refractivity contribution in [3.05, 3.63) is 29.8 Å². The fraction of sp³-hybridized carbons (Fsp3) is 0.364. The Morgan fingerprint density at radius 3 is 2.53 bits per heavy atom. The number of carbonyl (C=O) groups excluding carboxylic acids is 1. The average Bonchev–Trinajstić information content (AvgIpc) is 2.24. The van der Waals surface area contributed by atoms with E-state index in [-0.39, 0.29) is 5.69 Å². The van der Waals surface area contributed by atoms with E-state index < -0.39 is 23.6 Å². The Morgan fingerprint density at radius 1 is 1.41 bits per heavy atom. The van der Waals surface area contributed by atoms with Crippen molar-refractivity contribution in [2.24, 2.45) is 5.73 Å². The van der Waals surface area contributed by atoms with Gasteiger partial charge < -0.3 is 11.1 Å². The maximum atomic E-state index is 12.9. The van der Waals surface area contributed by atoms with Crippen LogP contribution in [0.3, 0.4) is 0 Å². The van der Waals surface area contributed by atoms with E-state index >= 15 is 0 Å². The summed E-state index contributed by atoms with van der Waals surface area (Å²) in [7, 11) is 0. The molecule has 0 heterocycles. The molecule has 0 unspecified atom stereocenters. The topological polar surface area (TPSA) is 55.1 Å². The maximum Gasteiger partial charge on any atom is 0.241 e. The van der Waals surface area contributed by atoms with Gasteiger partial charge in [-0.3, -0.25) is 4.79 Å². The summed E-state index contributed by atoms with van der Waals surface area (Å²) in [6, 6.07) is 2.15. The Labute approximate surface area is 103 Å². The average molecular weight is 260 g/mol. The SMILES string of the molecule is CSCC[C@@H](N)C(=O)Nc1cc(F)cc(F)c1. The minimum Gasteiger partial charge on any atom is -0.325 e. The van der Waals surface area contributed by atoms with Crippen LogP contribution in [0.2, 0.25) is 0 Å². The second-order valence-electron chi connectivity index (χ2n) is 3.54. The number of anilines is 1. The predicted molar refractivity (Wildman–Crippen MR) is 66.0 cm³/mol. The largest absolute Gasteiger partial charge is 0.325 e. The van der Waals surface area contributed by atoms with Crippen molar-refractivity contribution in [2.75, 3.05) is 17.3 Å². The summed E-state index contributed by atoms with van der Waals surface area (Å²) in [5.74, 6) is -1.16. The molecule has 0 fully saturated rings. The predicted octanol–water partition coefficient (Wildman–Crippen LogP) is 1.98. The maximum absolute atomic E-state index is 12.9. The number of hydrogen-bond acceptors (Lipinski definition) is 3. The molecule has 1 amide bonds. The highest BCUT2D eigenvalue weighted by molar-refractivity contribution is 7.98. The summed E-state index contributed by atoms with van der Waals surface area (Å²) >= 11 is 1.58. The zero-order valence-electron chi connectivity index (χ0n) is 9.37. The van der Waals surface area contributed by atoms with Crippen molar-refractivity contribution in [3.8, 4) is 0 Å². The molecule has 0 aliphatic carbocycles. The lowest BCUT2D eigenvalue weighted by Crippen LogP contribution is -2.36. The van der Waals surface area contributed by atoms with E-state index in [0.29, 0.717) is 6.42 Å². The lowest BCUT2D eigenvalue weighted by Gasteiger charge is -2.11. The molecule has 0 aliphatic rings. The number of hydrogen-bond donors (Lipinski definition) is 2. The van der Waals surface area contributed by atoms with E-state index in [4.69, 9.17) is 5.73 Å². The Morgan fingerprint density at radius 2 is 2.00 bits per heavy atom. The number of carbonyl (C=O) groups is 1. The van der Waals surface area contributed by atoms with Gasteiger partial charge in [-0.1, -0.05) is 0 Å². The smallest absolute Gasteiger partial charge is 0.241 e. The van der Waals surface area contributed by atoms with Gasteiger partial charge in [0.25, 0.3) is 0 Å². The molecular formula is C11H14F2N2OS. The second-order valence-corrected chi connectivity index (χ2v) is 4.52. The van der Waals surface area contributed by atoms with Crippen molar-refractivity contribution in [3.63, 3.8) is 0 Å². The van der Waals surface area contributed by atoms with Gasteiger partial charge in [-0.15, -0.1) is 0 Å². The first-order chi connectivity index (χ1) is 8.02. The molecule has 1 aromatic rings. The summed E-state index contributed by atoms with van der Waals surface area (Å²) in [6.45, 7) is 0. The first-order valence-electron chi connectivity index (χ1n) is 5.04. The first kappa shape index (κ1) is 13.9. The summed E-state index contributed by atoms with van der Waals surface area (Å²) in [4.78, 5) is 11.6. The molecule has 94 valence electrons. The monoisotopic (exact) mass is 260 g/mol. The minimum atomic E-state index is -0.738. The highest BCUT2D eigenvalue weighted by atomic mass is 32.2. The molecule has 0 saturated heterocycles. The van der Waals surface area contributed by atoms with Gasteiger partial charge >= 0.3 is 0 Å². The lowest BCUT2D eigenvalue weighted by atomic mass is 10.2. The third-order valence-electron chi connectivity index (χ3n) is 2.10. The van der Waals surface area contributed by atoms with E-state index in [1.807, 2.05) is 6.26 Å². The summed E-state index contributed by atoms with van der Waals surface area (Å²) in [6.07, 6.45) is 2.43. The molecule has 3 nitrogen and oxygen atoms in total. The fourth-order valence-electron chi connectivity index (χ4n) is 1.24. The Hall–Kier alpha value is -1.14. The molecular weight excluding hydrogens is 246 g/mol. The third kappa shape index (κ3) is 4.70. The molecule has 3 N–H and O–H groups in total. The summed E-state index contributed by atoms with van der Waals surface area (Å²) in [5.41, 5.74) is 5.69. The molecule has 1 atom stereocenters. The molecule has 0 aromatic heterocycles. The zero-order valence-corrected chi connectivity index (χ0v) is 10.2. The highest BCUT2D eigenvalue weighted by Crippen LogP contribution is 2.13. The molecule has 0 spiro atoms. The lowest BCUT2D eigenvalue weighted by molar-refractivity contribution is -0.117.